The molecule has 4 heteroatoms. The molecule has 1 saturated heterocycles. The molecule has 14 heavy (non-hydrogen) atoms. The van der Waals surface area contributed by atoms with Crippen molar-refractivity contribution in [2.45, 2.75) is 6.04 Å². The lowest BCUT2D eigenvalue weighted by Gasteiger charge is -2.25. The molecule has 1 unspecified atom stereocenters. The molecule has 0 bridgehead atoms. The molecule has 76 valence electrons. The van der Waals surface area contributed by atoms with Crippen molar-refractivity contribution >= 4 is 11.6 Å². The number of nitrogens with one attached hydrogen (secondary N) is 2. The fraction of sp³-hybridized carbons (Fsp3) is 0.400. The van der Waals surface area contributed by atoms with Gasteiger partial charge in [0, 0.05) is 31.2 Å². The maximum absolute atomic E-state index is 13.6. The third kappa shape index (κ3) is 1.90. The smallest absolute Gasteiger partial charge is 0.146 e. The molecular weight excluding hydrogens is 203 g/mol. The van der Waals surface area contributed by atoms with Crippen molar-refractivity contribution in [3.63, 3.8) is 0 Å². The molecule has 2 N–H and O–H groups in total. The van der Waals surface area contributed by atoms with E-state index in [1.54, 1.807) is 18.2 Å². The Hall–Kier alpha value is -0.640. The minimum Gasteiger partial charge on any atom is -0.314 e. The summed E-state index contributed by atoms with van der Waals surface area (Å²) in [5.41, 5.74) is 0.643. The number of halogens is 2. The van der Waals surface area contributed by atoms with Gasteiger partial charge < -0.3 is 10.6 Å². The van der Waals surface area contributed by atoms with Gasteiger partial charge in [-0.1, -0.05) is 23.7 Å². The maximum atomic E-state index is 13.6. The molecule has 1 atom stereocenters. The van der Waals surface area contributed by atoms with Gasteiger partial charge in [-0.25, -0.2) is 4.39 Å². The number of rotatable bonds is 1. The van der Waals surface area contributed by atoms with Crippen molar-refractivity contribution < 1.29 is 4.39 Å². The summed E-state index contributed by atoms with van der Waals surface area (Å²) < 4.78 is 13.6. The van der Waals surface area contributed by atoms with Crippen LogP contribution in [0.1, 0.15) is 11.6 Å². The van der Waals surface area contributed by atoms with Crippen molar-refractivity contribution in [2.75, 3.05) is 19.6 Å². The van der Waals surface area contributed by atoms with Crippen LogP contribution in [0.15, 0.2) is 18.2 Å². The summed E-state index contributed by atoms with van der Waals surface area (Å²) in [5, 5.41) is 6.64. The van der Waals surface area contributed by atoms with Crippen LogP contribution in [0, 0.1) is 5.82 Å². The van der Waals surface area contributed by atoms with E-state index in [1.165, 1.54) is 0 Å². The zero-order valence-corrected chi connectivity index (χ0v) is 8.44. The molecule has 0 spiro atoms. The van der Waals surface area contributed by atoms with E-state index in [4.69, 9.17) is 11.6 Å². The fourth-order valence-corrected chi connectivity index (χ4v) is 1.84. The predicted molar refractivity (Wildman–Crippen MR) is 55.0 cm³/mol. The molecule has 1 fully saturated rings. The molecule has 0 saturated carbocycles. The van der Waals surface area contributed by atoms with Gasteiger partial charge in [-0.2, -0.15) is 0 Å². The highest BCUT2D eigenvalue weighted by molar-refractivity contribution is 6.30. The van der Waals surface area contributed by atoms with E-state index in [0.717, 1.165) is 19.6 Å². The monoisotopic (exact) mass is 214 g/mol. The highest BCUT2D eigenvalue weighted by Crippen LogP contribution is 2.23. The second-order valence-electron chi connectivity index (χ2n) is 3.35. The first kappa shape index (κ1) is 9.90. The molecule has 1 aromatic rings. The standard InChI is InChI=1S/C10H12ClFN2/c11-8-3-1-2-7(10(8)12)9-6-13-4-5-14-9/h1-3,9,13-14H,4-6H2. The van der Waals surface area contributed by atoms with Gasteiger partial charge in [0.25, 0.3) is 0 Å². The van der Waals surface area contributed by atoms with E-state index >= 15 is 0 Å². The van der Waals surface area contributed by atoms with Crippen LogP contribution in [0.2, 0.25) is 5.02 Å². The summed E-state index contributed by atoms with van der Waals surface area (Å²) >= 11 is 5.71. The Balaban J connectivity index is 2.26. The summed E-state index contributed by atoms with van der Waals surface area (Å²) in [7, 11) is 0. The molecule has 1 heterocycles. The lowest BCUT2D eigenvalue weighted by Crippen LogP contribution is -2.42. The Labute approximate surface area is 87.5 Å². The van der Waals surface area contributed by atoms with E-state index in [9.17, 15) is 4.39 Å². The third-order valence-electron chi connectivity index (χ3n) is 2.40. The van der Waals surface area contributed by atoms with Gasteiger partial charge >= 0.3 is 0 Å². The van der Waals surface area contributed by atoms with Crippen LogP contribution in [0.25, 0.3) is 0 Å². The lowest BCUT2D eigenvalue weighted by molar-refractivity contribution is 0.417. The number of hydrogen-bond acceptors (Lipinski definition) is 2. The van der Waals surface area contributed by atoms with Crippen LogP contribution in [0.5, 0.6) is 0 Å². The summed E-state index contributed by atoms with van der Waals surface area (Å²) in [6.07, 6.45) is 0. The molecule has 2 rings (SSSR count). The van der Waals surface area contributed by atoms with Gasteiger partial charge in [-0.15, -0.1) is 0 Å². The second-order valence-corrected chi connectivity index (χ2v) is 3.76. The van der Waals surface area contributed by atoms with E-state index in [0.29, 0.717) is 5.56 Å². The lowest BCUT2D eigenvalue weighted by atomic mass is 10.1. The number of piperazine rings is 1. The van der Waals surface area contributed by atoms with E-state index < -0.39 is 0 Å². The van der Waals surface area contributed by atoms with Crippen molar-refractivity contribution in [3.8, 4) is 0 Å². The fourth-order valence-electron chi connectivity index (χ4n) is 1.66. The molecule has 0 radical (unpaired) electrons. The summed E-state index contributed by atoms with van der Waals surface area (Å²) in [6, 6.07) is 5.14. The first-order valence-electron chi connectivity index (χ1n) is 4.67. The number of benzene rings is 1. The molecule has 0 aliphatic carbocycles. The van der Waals surface area contributed by atoms with Gasteiger partial charge in [0.2, 0.25) is 0 Å². The highest BCUT2D eigenvalue weighted by atomic mass is 35.5. The van der Waals surface area contributed by atoms with Crippen LogP contribution in [0.4, 0.5) is 4.39 Å². The van der Waals surface area contributed by atoms with Gasteiger partial charge in [0.05, 0.1) is 5.02 Å². The minimum absolute atomic E-state index is 0.0300. The van der Waals surface area contributed by atoms with Crippen molar-refractivity contribution in [1.82, 2.24) is 10.6 Å². The summed E-state index contributed by atoms with van der Waals surface area (Å²) in [4.78, 5) is 0. The minimum atomic E-state index is -0.310. The van der Waals surface area contributed by atoms with Crippen LogP contribution in [-0.4, -0.2) is 19.6 Å². The van der Waals surface area contributed by atoms with E-state index in [-0.39, 0.29) is 16.9 Å². The molecular formula is C10H12ClFN2. The molecule has 0 amide bonds. The highest BCUT2D eigenvalue weighted by Gasteiger charge is 2.18. The average Bonchev–Trinajstić information content (AvgIpc) is 2.23. The normalized spacial score (nSPS) is 22.3. The molecule has 1 aromatic carbocycles. The van der Waals surface area contributed by atoms with Crippen LogP contribution >= 0.6 is 11.6 Å². The third-order valence-corrected chi connectivity index (χ3v) is 2.69. The van der Waals surface area contributed by atoms with E-state index in [1.807, 2.05) is 0 Å². The van der Waals surface area contributed by atoms with Crippen LogP contribution in [0.3, 0.4) is 0 Å². The Kier molecular flexibility index (Phi) is 3.01. The van der Waals surface area contributed by atoms with Crippen molar-refractivity contribution in [3.05, 3.63) is 34.6 Å². The Morgan fingerprint density at radius 2 is 2.21 bits per heavy atom. The second kappa shape index (κ2) is 4.26. The zero-order chi connectivity index (χ0) is 9.97. The molecule has 2 nitrogen and oxygen atoms in total. The van der Waals surface area contributed by atoms with Gasteiger partial charge in [-0.05, 0) is 6.07 Å². The molecule has 1 aliphatic heterocycles. The quantitative estimate of drug-likeness (QED) is 0.744. The molecule has 1 aliphatic rings. The summed E-state index contributed by atoms with van der Waals surface area (Å²) in [5.74, 6) is -0.310. The predicted octanol–water partition coefficient (Wildman–Crippen LogP) is 1.71. The topological polar surface area (TPSA) is 24.1 Å². The first-order valence-corrected chi connectivity index (χ1v) is 5.05. The van der Waals surface area contributed by atoms with Crippen LogP contribution in [-0.2, 0) is 0 Å². The average molecular weight is 215 g/mol. The molecule has 0 aromatic heterocycles. The van der Waals surface area contributed by atoms with Crippen molar-refractivity contribution in [2.24, 2.45) is 0 Å². The van der Waals surface area contributed by atoms with Crippen LogP contribution < -0.4 is 10.6 Å². The summed E-state index contributed by atoms with van der Waals surface area (Å²) in [6.45, 7) is 2.53. The largest absolute Gasteiger partial charge is 0.314 e. The number of hydrogen-bond donors (Lipinski definition) is 2. The first-order chi connectivity index (χ1) is 6.79. The zero-order valence-electron chi connectivity index (χ0n) is 7.69. The van der Waals surface area contributed by atoms with Crippen molar-refractivity contribution in [1.29, 1.82) is 0 Å². The van der Waals surface area contributed by atoms with E-state index in [2.05, 4.69) is 10.6 Å². The maximum Gasteiger partial charge on any atom is 0.146 e. The van der Waals surface area contributed by atoms with Gasteiger partial charge in [-0.3, -0.25) is 0 Å². The Morgan fingerprint density at radius 1 is 1.36 bits per heavy atom. The van der Waals surface area contributed by atoms with Gasteiger partial charge in [0.1, 0.15) is 5.82 Å². The Morgan fingerprint density at radius 3 is 2.93 bits per heavy atom. The van der Waals surface area contributed by atoms with Gasteiger partial charge in [0.15, 0.2) is 0 Å². The Bertz CT molecular complexity index is 324. The SMILES string of the molecule is Fc1c(Cl)cccc1C1CNCCN1.